The number of fused-ring (bicyclic) bond motifs is 1. The summed E-state index contributed by atoms with van der Waals surface area (Å²) in [4.78, 5) is 20.5. The molecule has 1 aromatic carbocycles. The van der Waals surface area contributed by atoms with Crippen molar-refractivity contribution in [2.45, 2.75) is 25.7 Å². The van der Waals surface area contributed by atoms with E-state index in [0.717, 1.165) is 6.04 Å². The summed E-state index contributed by atoms with van der Waals surface area (Å²) in [7, 11) is -1.25. The van der Waals surface area contributed by atoms with Crippen LogP contribution >= 0.6 is 0 Å². The van der Waals surface area contributed by atoms with Gasteiger partial charge in [-0.1, -0.05) is 19.6 Å². The SMILES string of the molecule is C[Si](C)(C)CCOC(=O)On1cnc2cc(F)ccc21. The molecular formula is C13H17FN2O3Si. The van der Waals surface area contributed by atoms with Gasteiger partial charge in [-0.05, 0) is 18.2 Å². The van der Waals surface area contributed by atoms with Crippen LogP contribution in [0.4, 0.5) is 9.18 Å². The van der Waals surface area contributed by atoms with Crippen LogP contribution in [0.5, 0.6) is 0 Å². The van der Waals surface area contributed by atoms with Crippen LogP contribution < -0.4 is 4.84 Å². The topological polar surface area (TPSA) is 53.4 Å². The van der Waals surface area contributed by atoms with Crippen molar-refractivity contribution in [1.82, 2.24) is 9.71 Å². The minimum Gasteiger partial charge on any atom is -0.433 e. The summed E-state index contributed by atoms with van der Waals surface area (Å²) in [5.74, 6) is -0.388. The lowest BCUT2D eigenvalue weighted by Gasteiger charge is -2.14. The van der Waals surface area contributed by atoms with Gasteiger partial charge >= 0.3 is 6.16 Å². The Labute approximate surface area is 117 Å². The summed E-state index contributed by atoms with van der Waals surface area (Å²) in [5, 5.41) is 0. The Hall–Kier alpha value is -1.89. The van der Waals surface area contributed by atoms with E-state index in [9.17, 15) is 9.18 Å². The summed E-state index contributed by atoms with van der Waals surface area (Å²) < 4.78 is 19.2. The van der Waals surface area contributed by atoms with Gasteiger partial charge in [-0.2, -0.15) is 4.73 Å². The Kier molecular flexibility index (Phi) is 4.08. The van der Waals surface area contributed by atoms with Gasteiger partial charge < -0.3 is 4.74 Å². The van der Waals surface area contributed by atoms with E-state index in [-0.39, 0.29) is 5.82 Å². The van der Waals surface area contributed by atoms with Gasteiger partial charge in [-0.25, -0.2) is 14.2 Å². The smallest absolute Gasteiger partial charge is 0.433 e. The molecule has 0 aliphatic rings. The molecule has 0 aliphatic carbocycles. The number of halogens is 1. The van der Waals surface area contributed by atoms with Gasteiger partial charge in [0.05, 0.1) is 12.1 Å². The minimum atomic E-state index is -1.25. The zero-order valence-electron chi connectivity index (χ0n) is 11.7. The van der Waals surface area contributed by atoms with E-state index < -0.39 is 14.2 Å². The molecule has 0 spiro atoms. The lowest BCUT2D eigenvalue weighted by atomic mass is 10.3. The molecule has 0 unspecified atom stereocenters. The van der Waals surface area contributed by atoms with Crippen molar-refractivity contribution < 1.29 is 18.8 Å². The van der Waals surface area contributed by atoms with Crippen LogP contribution in [0.3, 0.4) is 0 Å². The second-order valence-electron chi connectivity index (χ2n) is 5.70. The third kappa shape index (κ3) is 3.80. The predicted octanol–water partition coefficient (Wildman–Crippen LogP) is 3.08. The molecule has 0 atom stereocenters. The van der Waals surface area contributed by atoms with Crippen molar-refractivity contribution >= 4 is 25.3 Å². The molecule has 0 bridgehead atoms. The monoisotopic (exact) mass is 296 g/mol. The molecule has 2 rings (SSSR count). The van der Waals surface area contributed by atoms with Crippen molar-refractivity contribution in [2.75, 3.05) is 6.61 Å². The average Bonchev–Trinajstić information content (AvgIpc) is 2.70. The first-order valence-electron chi connectivity index (χ1n) is 6.33. The fourth-order valence-corrected chi connectivity index (χ4v) is 2.30. The number of imidazole rings is 1. The van der Waals surface area contributed by atoms with Gasteiger partial charge in [-0.3, -0.25) is 4.84 Å². The molecular weight excluding hydrogens is 279 g/mol. The van der Waals surface area contributed by atoms with Crippen LogP contribution in [-0.4, -0.2) is 30.6 Å². The normalized spacial score (nSPS) is 11.6. The largest absolute Gasteiger partial charge is 0.533 e. The highest BCUT2D eigenvalue weighted by Crippen LogP contribution is 2.13. The van der Waals surface area contributed by atoms with Crippen molar-refractivity contribution in [3.05, 3.63) is 30.3 Å². The number of aromatic nitrogens is 2. The Morgan fingerprint density at radius 3 is 2.85 bits per heavy atom. The molecule has 0 saturated heterocycles. The first-order valence-corrected chi connectivity index (χ1v) is 10.0. The third-order valence-corrected chi connectivity index (χ3v) is 4.43. The van der Waals surface area contributed by atoms with E-state index in [0.29, 0.717) is 17.6 Å². The second-order valence-corrected chi connectivity index (χ2v) is 11.3. The molecule has 108 valence electrons. The van der Waals surface area contributed by atoms with E-state index in [1.807, 2.05) is 0 Å². The molecule has 20 heavy (non-hydrogen) atoms. The van der Waals surface area contributed by atoms with E-state index >= 15 is 0 Å². The van der Waals surface area contributed by atoms with Crippen LogP contribution in [0.2, 0.25) is 25.7 Å². The summed E-state index contributed by atoms with van der Waals surface area (Å²) in [6.07, 6.45) is 0.524. The predicted molar refractivity (Wildman–Crippen MR) is 75.8 cm³/mol. The van der Waals surface area contributed by atoms with E-state index in [1.165, 1.54) is 29.3 Å². The number of hydrogen-bond donors (Lipinski definition) is 0. The molecule has 0 radical (unpaired) electrons. The Balaban J connectivity index is 1.96. The second kappa shape index (κ2) is 5.62. The number of ether oxygens (including phenoxy) is 1. The highest BCUT2D eigenvalue weighted by molar-refractivity contribution is 6.76. The van der Waals surface area contributed by atoms with E-state index in [1.54, 1.807) is 0 Å². The quantitative estimate of drug-likeness (QED) is 0.642. The van der Waals surface area contributed by atoms with Gasteiger partial charge in [0.1, 0.15) is 17.7 Å². The van der Waals surface area contributed by atoms with E-state index in [2.05, 4.69) is 24.6 Å². The standard InChI is InChI=1S/C13H17FN2O3Si/c1-20(2,3)7-6-18-13(17)19-16-9-15-11-8-10(14)4-5-12(11)16/h4-5,8-9H,6-7H2,1-3H3. The summed E-state index contributed by atoms with van der Waals surface area (Å²) >= 11 is 0. The Bertz CT molecular complexity index is 622. The van der Waals surface area contributed by atoms with Crippen molar-refractivity contribution in [3.8, 4) is 0 Å². The molecule has 0 fully saturated rings. The minimum absolute atomic E-state index is 0.343. The van der Waals surface area contributed by atoms with Gasteiger partial charge in [0.25, 0.3) is 0 Å². The molecule has 0 amide bonds. The number of benzene rings is 1. The summed E-state index contributed by atoms with van der Waals surface area (Å²) in [6.45, 7) is 6.93. The van der Waals surface area contributed by atoms with Gasteiger partial charge in [0.15, 0.2) is 0 Å². The molecule has 0 saturated carbocycles. The maximum Gasteiger partial charge on any atom is 0.533 e. The first kappa shape index (κ1) is 14.5. The average molecular weight is 296 g/mol. The molecule has 5 nitrogen and oxygen atoms in total. The lowest BCUT2D eigenvalue weighted by Crippen LogP contribution is -2.25. The fourth-order valence-electron chi connectivity index (χ4n) is 1.58. The molecule has 1 aromatic heterocycles. The third-order valence-electron chi connectivity index (χ3n) is 2.72. The van der Waals surface area contributed by atoms with Crippen LogP contribution in [0.1, 0.15) is 0 Å². The highest BCUT2D eigenvalue weighted by atomic mass is 28.3. The zero-order chi connectivity index (χ0) is 14.8. The number of carbonyl (C=O) groups excluding carboxylic acids is 1. The molecule has 0 N–H and O–H groups in total. The maximum atomic E-state index is 13.0. The molecule has 2 aromatic rings. The summed E-state index contributed by atoms with van der Waals surface area (Å²) in [6, 6.07) is 4.91. The lowest BCUT2D eigenvalue weighted by molar-refractivity contribution is 0.0545. The fraction of sp³-hybridized carbons (Fsp3) is 0.385. The summed E-state index contributed by atoms with van der Waals surface area (Å²) in [5.41, 5.74) is 0.924. The van der Waals surface area contributed by atoms with Crippen molar-refractivity contribution in [2.24, 2.45) is 0 Å². The van der Waals surface area contributed by atoms with E-state index in [4.69, 9.17) is 9.57 Å². The van der Waals surface area contributed by atoms with Gasteiger partial charge in [0.2, 0.25) is 0 Å². The Morgan fingerprint density at radius 2 is 2.15 bits per heavy atom. The van der Waals surface area contributed by atoms with Gasteiger partial charge in [-0.15, -0.1) is 0 Å². The van der Waals surface area contributed by atoms with Crippen LogP contribution in [-0.2, 0) is 4.74 Å². The Morgan fingerprint density at radius 1 is 1.40 bits per heavy atom. The number of rotatable bonds is 4. The molecule has 1 heterocycles. The van der Waals surface area contributed by atoms with Crippen LogP contribution in [0, 0.1) is 5.82 Å². The first-order chi connectivity index (χ1) is 9.35. The van der Waals surface area contributed by atoms with Crippen molar-refractivity contribution in [3.63, 3.8) is 0 Å². The zero-order valence-corrected chi connectivity index (χ0v) is 12.7. The van der Waals surface area contributed by atoms with Crippen LogP contribution in [0.25, 0.3) is 11.0 Å². The molecule has 0 aliphatic heterocycles. The molecule has 7 heteroatoms. The van der Waals surface area contributed by atoms with Crippen LogP contribution in [0.15, 0.2) is 24.5 Å². The number of hydrogen-bond acceptors (Lipinski definition) is 4. The number of nitrogens with zero attached hydrogens (tertiary/aromatic N) is 2. The van der Waals surface area contributed by atoms with Crippen molar-refractivity contribution in [1.29, 1.82) is 0 Å². The maximum absolute atomic E-state index is 13.0. The van der Waals surface area contributed by atoms with Gasteiger partial charge in [0, 0.05) is 14.1 Å². The number of carbonyl (C=O) groups is 1. The highest BCUT2D eigenvalue weighted by Gasteiger charge is 2.15.